The molecule has 1 aromatic rings. The minimum absolute atomic E-state index is 0.0824. The Balaban J connectivity index is 2.30. The van der Waals surface area contributed by atoms with Crippen molar-refractivity contribution in [2.45, 2.75) is 25.9 Å². The van der Waals surface area contributed by atoms with Gasteiger partial charge in [0.05, 0.1) is 5.56 Å². The number of benzene rings is 1. The molecule has 0 aliphatic carbocycles. The van der Waals surface area contributed by atoms with Gasteiger partial charge in [0.2, 0.25) is 5.91 Å². The molecule has 1 saturated heterocycles. The van der Waals surface area contributed by atoms with E-state index in [0.717, 1.165) is 17.4 Å². The fourth-order valence-electron chi connectivity index (χ4n) is 2.28. The first kappa shape index (κ1) is 16.0. The zero-order valence-corrected chi connectivity index (χ0v) is 12.8. The zero-order chi connectivity index (χ0) is 15.8. The number of imide groups is 1. The molecule has 0 N–H and O–H groups in total. The molecule has 1 aromatic carbocycles. The lowest BCUT2D eigenvalue weighted by molar-refractivity contribution is -0.138. The topological polar surface area (TPSA) is 37.4 Å². The van der Waals surface area contributed by atoms with Gasteiger partial charge in [0.15, 0.2) is 0 Å². The van der Waals surface area contributed by atoms with Crippen LogP contribution in [0.5, 0.6) is 0 Å². The molecule has 0 saturated carbocycles. The number of alkyl halides is 3. The summed E-state index contributed by atoms with van der Waals surface area (Å²) in [4.78, 5) is 25.1. The van der Waals surface area contributed by atoms with Crippen LogP contribution < -0.4 is 0 Å². The summed E-state index contributed by atoms with van der Waals surface area (Å²) < 4.78 is 38.4. The largest absolute Gasteiger partial charge is 0.417 e. The summed E-state index contributed by atoms with van der Waals surface area (Å²) in [6.07, 6.45) is -3.54. The Morgan fingerprint density at radius 2 is 2.10 bits per heavy atom. The van der Waals surface area contributed by atoms with Crippen molar-refractivity contribution in [1.29, 1.82) is 0 Å². The summed E-state index contributed by atoms with van der Waals surface area (Å²) in [6, 6.07) is 3.24. The molecule has 2 amide bonds. The summed E-state index contributed by atoms with van der Waals surface area (Å²) in [5.74, 6) is -0.920. The second-order valence-electron chi connectivity index (χ2n) is 4.98. The highest BCUT2D eigenvalue weighted by molar-refractivity contribution is 9.10. The lowest BCUT2D eigenvalue weighted by Gasteiger charge is -2.16. The van der Waals surface area contributed by atoms with Crippen LogP contribution in [0.15, 0.2) is 22.7 Å². The quantitative estimate of drug-likeness (QED) is 0.748. The van der Waals surface area contributed by atoms with Crippen LogP contribution in [0.1, 0.15) is 35.7 Å². The van der Waals surface area contributed by atoms with Gasteiger partial charge in [-0.15, -0.1) is 0 Å². The lowest BCUT2D eigenvalue weighted by atomic mass is 10.1. The Kier molecular flexibility index (Phi) is 4.41. The number of nitrogens with zero attached hydrogens (tertiary/aromatic N) is 1. The van der Waals surface area contributed by atoms with Gasteiger partial charge >= 0.3 is 6.18 Å². The second-order valence-corrected chi connectivity index (χ2v) is 5.83. The summed E-state index contributed by atoms with van der Waals surface area (Å²) in [5.41, 5.74) is -1.05. The monoisotopic (exact) mass is 363 g/mol. The number of carbonyl (C=O) groups excluding carboxylic acids is 2. The molecule has 0 radical (unpaired) electrons. The molecular weight excluding hydrogens is 351 g/mol. The number of hydrogen-bond acceptors (Lipinski definition) is 2. The van der Waals surface area contributed by atoms with Crippen molar-refractivity contribution >= 4 is 27.7 Å². The van der Waals surface area contributed by atoms with E-state index in [9.17, 15) is 22.8 Å². The van der Waals surface area contributed by atoms with Gasteiger partial charge in [0.1, 0.15) is 0 Å². The van der Waals surface area contributed by atoms with Crippen LogP contribution >= 0.6 is 15.9 Å². The minimum atomic E-state index is -4.56. The number of halogens is 4. The SMILES string of the molecule is CCC1CC(=O)N(C(=O)c2ccc(Br)c(C(F)(F)F)c2)C1. The van der Waals surface area contributed by atoms with Gasteiger partial charge in [-0.3, -0.25) is 14.5 Å². The van der Waals surface area contributed by atoms with Crippen LogP contribution in [0.2, 0.25) is 0 Å². The molecule has 1 heterocycles. The Hall–Kier alpha value is -1.37. The summed E-state index contributed by atoms with van der Waals surface area (Å²) >= 11 is 2.82. The van der Waals surface area contributed by atoms with E-state index in [0.29, 0.717) is 0 Å². The summed E-state index contributed by atoms with van der Waals surface area (Å²) in [6.45, 7) is 2.18. The van der Waals surface area contributed by atoms with Crippen LogP contribution in [0, 0.1) is 5.92 Å². The average Bonchev–Trinajstić information content (AvgIpc) is 2.78. The average molecular weight is 364 g/mol. The number of carbonyl (C=O) groups is 2. The minimum Gasteiger partial charge on any atom is -0.278 e. The van der Waals surface area contributed by atoms with Crippen molar-refractivity contribution in [2.24, 2.45) is 5.92 Å². The number of hydrogen-bond donors (Lipinski definition) is 0. The van der Waals surface area contributed by atoms with E-state index < -0.39 is 17.6 Å². The summed E-state index contributed by atoms with van der Waals surface area (Å²) in [5, 5.41) is 0. The molecule has 2 rings (SSSR count). The predicted molar refractivity (Wildman–Crippen MR) is 73.6 cm³/mol. The highest BCUT2D eigenvalue weighted by Crippen LogP contribution is 2.35. The highest BCUT2D eigenvalue weighted by atomic mass is 79.9. The first-order chi connectivity index (χ1) is 9.74. The van der Waals surface area contributed by atoms with Gasteiger partial charge in [-0.2, -0.15) is 13.2 Å². The lowest BCUT2D eigenvalue weighted by Crippen LogP contribution is -2.32. The van der Waals surface area contributed by atoms with E-state index in [1.807, 2.05) is 6.92 Å². The van der Waals surface area contributed by atoms with Gasteiger partial charge in [0, 0.05) is 23.0 Å². The van der Waals surface area contributed by atoms with E-state index in [1.165, 1.54) is 12.1 Å². The fourth-order valence-corrected chi connectivity index (χ4v) is 2.75. The Morgan fingerprint density at radius 3 is 2.62 bits per heavy atom. The van der Waals surface area contributed by atoms with Crippen LogP contribution in [-0.4, -0.2) is 23.3 Å². The molecule has 1 aliphatic heterocycles. The van der Waals surface area contributed by atoms with Crippen molar-refractivity contribution in [1.82, 2.24) is 4.90 Å². The maximum Gasteiger partial charge on any atom is 0.417 e. The van der Waals surface area contributed by atoms with Crippen molar-refractivity contribution in [3.05, 3.63) is 33.8 Å². The highest BCUT2D eigenvalue weighted by Gasteiger charge is 2.36. The van der Waals surface area contributed by atoms with Crippen molar-refractivity contribution in [3.63, 3.8) is 0 Å². The first-order valence-corrected chi connectivity index (χ1v) is 7.24. The molecule has 114 valence electrons. The van der Waals surface area contributed by atoms with E-state index in [4.69, 9.17) is 0 Å². The Bertz CT molecular complexity index is 586. The molecule has 7 heteroatoms. The maximum absolute atomic E-state index is 12.8. The first-order valence-electron chi connectivity index (χ1n) is 6.45. The second kappa shape index (κ2) is 5.79. The smallest absolute Gasteiger partial charge is 0.278 e. The van der Waals surface area contributed by atoms with Gasteiger partial charge in [-0.05, 0) is 24.1 Å². The molecule has 1 aliphatic rings. The Morgan fingerprint density at radius 1 is 1.43 bits per heavy atom. The fraction of sp³-hybridized carbons (Fsp3) is 0.429. The molecule has 1 unspecified atom stereocenters. The summed E-state index contributed by atoms with van der Waals surface area (Å²) in [7, 11) is 0. The van der Waals surface area contributed by atoms with Crippen molar-refractivity contribution in [2.75, 3.05) is 6.54 Å². The van der Waals surface area contributed by atoms with E-state index in [-0.39, 0.29) is 34.8 Å². The van der Waals surface area contributed by atoms with Gasteiger partial charge < -0.3 is 0 Å². The molecule has 21 heavy (non-hydrogen) atoms. The van der Waals surface area contributed by atoms with E-state index in [1.54, 1.807) is 0 Å². The van der Waals surface area contributed by atoms with Crippen LogP contribution in [0.25, 0.3) is 0 Å². The van der Waals surface area contributed by atoms with Crippen LogP contribution in [-0.2, 0) is 11.0 Å². The van der Waals surface area contributed by atoms with Crippen molar-refractivity contribution < 1.29 is 22.8 Å². The van der Waals surface area contributed by atoms with E-state index in [2.05, 4.69) is 15.9 Å². The predicted octanol–water partition coefficient (Wildman–Crippen LogP) is 3.87. The number of rotatable bonds is 2. The van der Waals surface area contributed by atoms with Gasteiger partial charge in [-0.25, -0.2) is 0 Å². The molecule has 3 nitrogen and oxygen atoms in total. The third-order valence-electron chi connectivity index (χ3n) is 3.55. The number of likely N-dealkylation sites (tertiary alicyclic amines) is 1. The third-order valence-corrected chi connectivity index (χ3v) is 4.24. The molecule has 0 bridgehead atoms. The van der Waals surface area contributed by atoms with Crippen LogP contribution in [0.4, 0.5) is 13.2 Å². The normalized spacial score (nSPS) is 19.2. The maximum atomic E-state index is 12.8. The van der Waals surface area contributed by atoms with Gasteiger partial charge in [-0.1, -0.05) is 29.3 Å². The number of amides is 2. The van der Waals surface area contributed by atoms with E-state index >= 15 is 0 Å². The van der Waals surface area contributed by atoms with Crippen LogP contribution in [0.3, 0.4) is 0 Å². The van der Waals surface area contributed by atoms with Gasteiger partial charge in [0.25, 0.3) is 5.91 Å². The molecule has 1 fully saturated rings. The molecule has 0 aromatic heterocycles. The molecule has 0 spiro atoms. The third kappa shape index (κ3) is 3.28. The van der Waals surface area contributed by atoms with Crippen molar-refractivity contribution in [3.8, 4) is 0 Å². The standard InChI is InChI=1S/C14H13BrF3NO2/c1-2-8-5-12(20)19(7-8)13(21)9-3-4-11(15)10(6-9)14(16,17)18/h3-4,6,8H,2,5,7H2,1H3. The Labute approximate surface area is 128 Å². The zero-order valence-electron chi connectivity index (χ0n) is 11.2. The molecule has 1 atom stereocenters. The molecular formula is C14H13BrF3NO2.